The maximum atomic E-state index is 11.8. The number of methoxy groups -OCH3 is 1. The molecule has 0 bridgehead atoms. The highest BCUT2D eigenvalue weighted by Crippen LogP contribution is 2.25. The van der Waals surface area contributed by atoms with Gasteiger partial charge in [-0.3, -0.25) is 4.90 Å². The lowest BCUT2D eigenvalue weighted by atomic mass is 9.91. The highest BCUT2D eigenvalue weighted by molar-refractivity contribution is 5.90. The molecule has 0 radical (unpaired) electrons. The lowest BCUT2D eigenvalue weighted by Crippen LogP contribution is -2.41. The molecule has 0 N–H and O–H groups in total. The Balaban J connectivity index is 2.16. The third kappa shape index (κ3) is 3.16. The molecule has 104 valence electrons. The average molecular weight is 261 g/mol. The molecule has 1 aliphatic heterocycles. The second-order valence-electron chi connectivity index (χ2n) is 5.48. The molecule has 1 aromatic rings. The average Bonchev–Trinajstić information content (AvgIpc) is 2.43. The number of piperidine rings is 1. The van der Waals surface area contributed by atoms with Gasteiger partial charge in [0.05, 0.1) is 12.7 Å². The normalized spacial score (nSPS) is 24.2. The van der Waals surface area contributed by atoms with Crippen LogP contribution in [0.3, 0.4) is 0 Å². The molecular formula is C16H23NO2. The van der Waals surface area contributed by atoms with Gasteiger partial charge in [0.15, 0.2) is 0 Å². The highest BCUT2D eigenvalue weighted by atomic mass is 16.5. The number of benzene rings is 1. The molecule has 0 aliphatic carbocycles. The zero-order chi connectivity index (χ0) is 13.8. The number of esters is 1. The van der Waals surface area contributed by atoms with Crippen molar-refractivity contribution in [1.29, 1.82) is 0 Å². The number of rotatable bonds is 3. The van der Waals surface area contributed by atoms with Gasteiger partial charge in [0.1, 0.15) is 0 Å². The molecule has 0 spiro atoms. The molecule has 0 aromatic heterocycles. The number of nitrogens with zero attached hydrogens (tertiary/aromatic N) is 1. The minimum atomic E-state index is -0.242. The minimum absolute atomic E-state index is 0.242. The molecule has 1 heterocycles. The maximum Gasteiger partial charge on any atom is 0.338 e. The monoisotopic (exact) mass is 261 g/mol. The van der Waals surface area contributed by atoms with Gasteiger partial charge in [0, 0.05) is 12.6 Å². The van der Waals surface area contributed by atoms with E-state index < -0.39 is 0 Å². The molecule has 1 fully saturated rings. The number of carbonyl (C=O) groups excluding carboxylic acids is 1. The molecule has 1 aromatic carbocycles. The Labute approximate surface area is 115 Å². The maximum absolute atomic E-state index is 11.8. The second kappa shape index (κ2) is 6.20. The first-order valence-electron chi connectivity index (χ1n) is 7.03. The van der Waals surface area contributed by atoms with Gasteiger partial charge in [-0.15, -0.1) is 0 Å². The van der Waals surface area contributed by atoms with Crippen molar-refractivity contribution in [3.8, 4) is 0 Å². The first-order valence-corrected chi connectivity index (χ1v) is 7.03. The smallest absolute Gasteiger partial charge is 0.338 e. The SMILES string of the molecule is COC(=O)c1ccccc1CN1CCCC(C)C1C. The van der Waals surface area contributed by atoms with E-state index in [1.165, 1.54) is 20.0 Å². The highest BCUT2D eigenvalue weighted by Gasteiger charge is 2.25. The third-order valence-electron chi connectivity index (χ3n) is 4.30. The van der Waals surface area contributed by atoms with Gasteiger partial charge >= 0.3 is 5.97 Å². The van der Waals surface area contributed by atoms with Crippen LogP contribution in [0.2, 0.25) is 0 Å². The molecule has 19 heavy (non-hydrogen) atoms. The molecule has 1 aliphatic rings. The summed E-state index contributed by atoms with van der Waals surface area (Å²) < 4.78 is 4.86. The fourth-order valence-corrected chi connectivity index (χ4v) is 2.83. The first kappa shape index (κ1) is 14.1. The van der Waals surface area contributed by atoms with Crippen LogP contribution in [0.15, 0.2) is 24.3 Å². The molecule has 0 saturated carbocycles. The Morgan fingerprint density at radius 1 is 1.37 bits per heavy atom. The van der Waals surface area contributed by atoms with Crippen LogP contribution in [0.25, 0.3) is 0 Å². The molecule has 2 unspecified atom stereocenters. The molecule has 2 atom stereocenters. The fourth-order valence-electron chi connectivity index (χ4n) is 2.83. The number of likely N-dealkylation sites (tertiary alicyclic amines) is 1. The van der Waals surface area contributed by atoms with Crippen molar-refractivity contribution in [3.05, 3.63) is 35.4 Å². The lowest BCUT2D eigenvalue weighted by molar-refractivity contribution is 0.0594. The number of ether oxygens (including phenoxy) is 1. The summed E-state index contributed by atoms with van der Waals surface area (Å²) in [5, 5.41) is 0. The molecular weight excluding hydrogens is 238 g/mol. The van der Waals surface area contributed by atoms with E-state index in [0.717, 1.165) is 24.6 Å². The Hall–Kier alpha value is -1.35. The summed E-state index contributed by atoms with van der Waals surface area (Å²) in [6.45, 7) is 6.53. The predicted molar refractivity (Wildman–Crippen MR) is 76.1 cm³/mol. The van der Waals surface area contributed by atoms with Crippen molar-refractivity contribution in [2.45, 2.75) is 39.3 Å². The largest absolute Gasteiger partial charge is 0.465 e. The van der Waals surface area contributed by atoms with Crippen molar-refractivity contribution in [2.75, 3.05) is 13.7 Å². The van der Waals surface area contributed by atoms with Crippen molar-refractivity contribution in [1.82, 2.24) is 4.90 Å². The van der Waals surface area contributed by atoms with Gasteiger partial charge in [-0.1, -0.05) is 25.1 Å². The van der Waals surface area contributed by atoms with Crippen LogP contribution in [-0.2, 0) is 11.3 Å². The van der Waals surface area contributed by atoms with Gasteiger partial charge in [0.25, 0.3) is 0 Å². The number of hydrogen-bond donors (Lipinski definition) is 0. The van der Waals surface area contributed by atoms with E-state index in [4.69, 9.17) is 4.74 Å². The summed E-state index contributed by atoms with van der Waals surface area (Å²) in [4.78, 5) is 14.2. The van der Waals surface area contributed by atoms with E-state index in [2.05, 4.69) is 18.7 Å². The fraction of sp³-hybridized carbons (Fsp3) is 0.562. The van der Waals surface area contributed by atoms with Gasteiger partial charge in [-0.05, 0) is 43.9 Å². The van der Waals surface area contributed by atoms with Crippen LogP contribution in [0.5, 0.6) is 0 Å². The quantitative estimate of drug-likeness (QED) is 0.783. The van der Waals surface area contributed by atoms with Crippen molar-refractivity contribution >= 4 is 5.97 Å². The van der Waals surface area contributed by atoms with Crippen molar-refractivity contribution < 1.29 is 9.53 Å². The standard InChI is InChI=1S/C16H23NO2/c1-12-7-6-10-17(13(12)2)11-14-8-4-5-9-15(14)16(18)19-3/h4-5,8-9,12-13H,6-7,10-11H2,1-3H3. The van der Waals surface area contributed by atoms with Crippen LogP contribution < -0.4 is 0 Å². The van der Waals surface area contributed by atoms with Gasteiger partial charge in [-0.2, -0.15) is 0 Å². The zero-order valence-corrected chi connectivity index (χ0v) is 12.1. The summed E-state index contributed by atoms with van der Waals surface area (Å²) in [5.41, 5.74) is 1.76. The second-order valence-corrected chi connectivity index (χ2v) is 5.48. The molecule has 0 amide bonds. The van der Waals surface area contributed by atoms with Crippen LogP contribution in [0, 0.1) is 5.92 Å². The Kier molecular flexibility index (Phi) is 4.59. The van der Waals surface area contributed by atoms with Crippen LogP contribution in [-0.4, -0.2) is 30.6 Å². The van der Waals surface area contributed by atoms with E-state index in [-0.39, 0.29) is 5.97 Å². The molecule has 3 heteroatoms. The van der Waals surface area contributed by atoms with Crippen LogP contribution >= 0.6 is 0 Å². The summed E-state index contributed by atoms with van der Waals surface area (Å²) in [7, 11) is 1.44. The van der Waals surface area contributed by atoms with Crippen LogP contribution in [0.4, 0.5) is 0 Å². The van der Waals surface area contributed by atoms with Crippen molar-refractivity contribution in [3.63, 3.8) is 0 Å². The van der Waals surface area contributed by atoms with E-state index in [1.54, 1.807) is 0 Å². The topological polar surface area (TPSA) is 29.5 Å². The molecule has 2 rings (SSSR count). The third-order valence-corrected chi connectivity index (χ3v) is 4.30. The summed E-state index contributed by atoms with van der Waals surface area (Å²) >= 11 is 0. The number of carbonyl (C=O) groups is 1. The van der Waals surface area contributed by atoms with E-state index in [9.17, 15) is 4.79 Å². The van der Waals surface area contributed by atoms with Gasteiger partial charge < -0.3 is 4.74 Å². The summed E-state index contributed by atoms with van der Waals surface area (Å²) in [6.07, 6.45) is 2.54. The minimum Gasteiger partial charge on any atom is -0.465 e. The van der Waals surface area contributed by atoms with E-state index >= 15 is 0 Å². The first-order chi connectivity index (χ1) is 9.13. The van der Waals surface area contributed by atoms with Gasteiger partial charge in [0.2, 0.25) is 0 Å². The summed E-state index contributed by atoms with van der Waals surface area (Å²) in [5.74, 6) is 0.479. The summed E-state index contributed by atoms with van der Waals surface area (Å²) in [6, 6.07) is 8.31. The molecule has 3 nitrogen and oxygen atoms in total. The van der Waals surface area contributed by atoms with E-state index in [0.29, 0.717) is 11.6 Å². The van der Waals surface area contributed by atoms with Gasteiger partial charge in [-0.25, -0.2) is 4.79 Å². The Bertz CT molecular complexity index is 444. The zero-order valence-electron chi connectivity index (χ0n) is 12.1. The van der Waals surface area contributed by atoms with Crippen LogP contribution in [0.1, 0.15) is 42.6 Å². The Morgan fingerprint density at radius 2 is 2.11 bits per heavy atom. The lowest BCUT2D eigenvalue weighted by Gasteiger charge is -2.38. The molecule has 1 saturated heterocycles. The van der Waals surface area contributed by atoms with Crippen molar-refractivity contribution in [2.24, 2.45) is 5.92 Å². The number of hydrogen-bond acceptors (Lipinski definition) is 3. The Morgan fingerprint density at radius 3 is 2.84 bits per heavy atom. The van der Waals surface area contributed by atoms with E-state index in [1.807, 2.05) is 24.3 Å². The predicted octanol–water partition coefficient (Wildman–Crippen LogP) is 3.09.